The summed E-state index contributed by atoms with van der Waals surface area (Å²) in [4.78, 5) is 16.9. The summed E-state index contributed by atoms with van der Waals surface area (Å²) in [6.45, 7) is 1.70. The van der Waals surface area contributed by atoms with E-state index in [1.807, 2.05) is 18.2 Å². The molecule has 1 amide bonds. The molecule has 0 saturated heterocycles. The normalized spacial score (nSPS) is 11.5. The van der Waals surface area contributed by atoms with Gasteiger partial charge < -0.3 is 0 Å². The molecule has 0 aliphatic heterocycles. The molecule has 2 aromatic rings. The molecule has 0 saturated carbocycles. The highest BCUT2D eigenvalue weighted by molar-refractivity contribution is 7.89. The fourth-order valence-corrected chi connectivity index (χ4v) is 3.62. The van der Waals surface area contributed by atoms with E-state index in [1.165, 1.54) is 24.3 Å². The minimum atomic E-state index is -3.88. The Labute approximate surface area is 152 Å². The number of hydrogen-bond acceptors (Lipinski definition) is 4. The van der Waals surface area contributed by atoms with Crippen LogP contribution in [0.5, 0.6) is 0 Å². The molecular formula is C17H19ClN2O4S. The molecule has 0 aliphatic carbocycles. The van der Waals surface area contributed by atoms with Crippen LogP contribution in [-0.2, 0) is 26.2 Å². The maximum atomic E-state index is 12.9. The van der Waals surface area contributed by atoms with Gasteiger partial charge in [0.2, 0.25) is 10.0 Å². The van der Waals surface area contributed by atoms with Crippen molar-refractivity contribution in [3.05, 3.63) is 65.2 Å². The van der Waals surface area contributed by atoms with Crippen molar-refractivity contribution in [1.82, 2.24) is 9.79 Å². The third kappa shape index (κ3) is 5.54. The highest BCUT2D eigenvalue weighted by Gasteiger charge is 2.27. The molecule has 2 aromatic carbocycles. The van der Waals surface area contributed by atoms with Gasteiger partial charge in [0.1, 0.15) is 0 Å². The number of sulfonamides is 1. The predicted octanol–water partition coefficient (Wildman–Crippen LogP) is 2.60. The molecule has 0 bridgehead atoms. The van der Waals surface area contributed by atoms with Gasteiger partial charge in [-0.25, -0.2) is 13.9 Å². The summed E-state index contributed by atoms with van der Waals surface area (Å²) in [6.07, 6.45) is 0. The van der Waals surface area contributed by atoms with E-state index in [1.54, 1.807) is 19.1 Å². The van der Waals surface area contributed by atoms with Crippen LogP contribution in [0.25, 0.3) is 0 Å². The number of rotatable bonds is 8. The summed E-state index contributed by atoms with van der Waals surface area (Å²) >= 11 is 5.82. The second-order valence-corrected chi connectivity index (χ2v) is 7.55. The van der Waals surface area contributed by atoms with E-state index >= 15 is 0 Å². The van der Waals surface area contributed by atoms with Crippen LogP contribution in [0.2, 0.25) is 5.02 Å². The fourth-order valence-electron chi connectivity index (χ4n) is 2.11. The Morgan fingerprint density at radius 2 is 1.76 bits per heavy atom. The van der Waals surface area contributed by atoms with E-state index in [0.717, 1.165) is 9.87 Å². The Morgan fingerprint density at radius 3 is 2.36 bits per heavy atom. The number of nitrogens with one attached hydrogen (secondary N) is 1. The third-order valence-electron chi connectivity index (χ3n) is 3.30. The molecule has 6 nitrogen and oxygen atoms in total. The maximum absolute atomic E-state index is 12.9. The lowest BCUT2D eigenvalue weighted by Gasteiger charge is -2.22. The largest absolute Gasteiger partial charge is 0.274 e. The molecule has 0 unspecified atom stereocenters. The van der Waals surface area contributed by atoms with Gasteiger partial charge in [0.05, 0.1) is 18.0 Å². The van der Waals surface area contributed by atoms with Gasteiger partial charge in [0, 0.05) is 11.6 Å². The summed E-state index contributed by atoms with van der Waals surface area (Å²) < 4.78 is 26.9. The van der Waals surface area contributed by atoms with Crippen molar-refractivity contribution in [3.8, 4) is 0 Å². The number of halogens is 1. The molecule has 0 fully saturated rings. The van der Waals surface area contributed by atoms with Crippen molar-refractivity contribution in [2.75, 3.05) is 13.2 Å². The zero-order valence-corrected chi connectivity index (χ0v) is 15.3. The van der Waals surface area contributed by atoms with Crippen molar-refractivity contribution in [3.63, 3.8) is 0 Å². The molecule has 0 heterocycles. The van der Waals surface area contributed by atoms with Gasteiger partial charge in [0.25, 0.3) is 5.91 Å². The average Bonchev–Trinajstić information content (AvgIpc) is 2.60. The first kappa shape index (κ1) is 19.4. The van der Waals surface area contributed by atoms with Gasteiger partial charge in [-0.15, -0.1) is 0 Å². The standard InChI is InChI=1S/C17H19ClN2O4S/c1-2-24-19-17(21)13-20(12-14-6-4-3-5-7-14)25(22,23)16-10-8-15(18)9-11-16/h3-11H,2,12-13H2,1H3,(H,19,21). The van der Waals surface area contributed by atoms with Gasteiger partial charge in [-0.05, 0) is 36.8 Å². The first-order valence-electron chi connectivity index (χ1n) is 7.63. The van der Waals surface area contributed by atoms with Gasteiger partial charge in [-0.1, -0.05) is 41.9 Å². The zero-order valence-electron chi connectivity index (χ0n) is 13.7. The summed E-state index contributed by atoms with van der Waals surface area (Å²) in [5.41, 5.74) is 2.98. The Hall–Kier alpha value is -1.93. The second kappa shape index (κ2) is 8.96. The molecule has 0 spiro atoms. The van der Waals surface area contributed by atoms with E-state index < -0.39 is 15.9 Å². The number of benzene rings is 2. The monoisotopic (exact) mass is 382 g/mol. The average molecular weight is 383 g/mol. The van der Waals surface area contributed by atoms with Gasteiger partial charge in [-0.2, -0.15) is 4.31 Å². The molecule has 2 rings (SSSR count). The molecular weight excluding hydrogens is 364 g/mol. The Morgan fingerprint density at radius 1 is 1.12 bits per heavy atom. The SMILES string of the molecule is CCONC(=O)CN(Cc1ccccc1)S(=O)(=O)c1ccc(Cl)cc1. The lowest BCUT2D eigenvalue weighted by Crippen LogP contribution is -2.40. The first-order valence-corrected chi connectivity index (χ1v) is 9.45. The highest BCUT2D eigenvalue weighted by Crippen LogP contribution is 2.20. The maximum Gasteiger partial charge on any atom is 0.258 e. The van der Waals surface area contributed by atoms with E-state index in [-0.39, 0.29) is 24.6 Å². The quantitative estimate of drug-likeness (QED) is 0.712. The Bertz CT molecular complexity index is 795. The first-order chi connectivity index (χ1) is 11.9. The van der Waals surface area contributed by atoms with Crippen molar-refractivity contribution >= 4 is 27.5 Å². The van der Waals surface area contributed by atoms with E-state index in [0.29, 0.717) is 5.02 Å². The molecule has 0 atom stereocenters. The van der Waals surface area contributed by atoms with Crippen LogP contribution in [0.1, 0.15) is 12.5 Å². The number of nitrogens with zero attached hydrogens (tertiary/aromatic N) is 1. The number of carbonyl (C=O) groups is 1. The number of hydroxylamine groups is 1. The number of hydrogen-bond donors (Lipinski definition) is 1. The van der Waals surface area contributed by atoms with Crippen LogP contribution in [-0.4, -0.2) is 31.8 Å². The zero-order chi connectivity index (χ0) is 18.3. The topological polar surface area (TPSA) is 75.7 Å². The summed E-state index contributed by atoms with van der Waals surface area (Å²) in [5.74, 6) is -0.546. The summed E-state index contributed by atoms with van der Waals surface area (Å²) in [5, 5.41) is 0.433. The lowest BCUT2D eigenvalue weighted by atomic mass is 10.2. The Kier molecular flexibility index (Phi) is 6.95. The van der Waals surface area contributed by atoms with Crippen LogP contribution in [0.3, 0.4) is 0 Å². The van der Waals surface area contributed by atoms with Crippen molar-refractivity contribution < 1.29 is 18.0 Å². The molecule has 1 N–H and O–H groups in total. The molecule has 0 aromatic heterocycles. The summed E-state index contributed by atoms with van der Waals surface area (Å²) in [6, 6.07) is 14.9. The molecule has 0 aliphatic rings. The minimum Gasteiger partial charge on any atom is -0.274 e. The molecule has 0 radical (unpaired) electrons. The second-order valence-electron chi connectivity index (χ2n) is 5.17. The van der Waals surface area contributed by atoms with Crippen LogP contribution in [0.15, 0.2) is 59.5 Å². The van der Waals surface area contributed by atoms with Crippen LogP contribution in [0, 0.1) is 0 Å². The lowest BCUT2D eigenvalue weighted by molar-refractivity contribution is -0.133. The van der Waals surface area contributed by atoms with Crippen LogP contribution >= 0.6 is 11.6 Å². The predicted molar refractivity (Wildman–Crippen MR) is 95.3 cm³/mol. The Balaban J connectivity index is 2.28. The number of amides is 1. The third-order valence-corrected chi connectivity index (χ3v) is 5.36. The number of carbonyl (C=O) groups excluding carboxylic acids is 1. The van der Waals surface area contributed by atoms with Crippen molar-refractivity contribution in [2.45, 2.75) is 18.4 Å². The van der Waals surface area contributed by atoms with E-state index in [9.17, 15) is 13.2 Å². The highest BCUT2D eigenvalue weighted by atomic mass is 35.5. The van der Waals surface area contributed by atoms with Gasteiger partial charge in [-0.3, -0.25) is 9.63 Å². The van der Waals surface area contributed by atoms with Gasteiger partial charge >= 0.3 is 0 Å². The van der Waals surface area contributed by atoms with Crippen LogP contribution < -0.4 is 5.48 Å². The summed E-state index contributed by atoms with van der Waals surface area (Å²) in [7, 11) is -3.88. The molecule has 8 heteroatoms. The molecule has 134 valence electrons. The van der Waals surface area contributed by atoms with E-state index in [4.69, 9.17) is 16.4 Å². The van der Waals surface area contributed by atoms with E-state index in [2.05, 4.69) is 5.48 Å². The smallest absolute Gasteiger partial charge is 0.258 e. The van der Waals surface area contributed by atoms with Crippen LogP contribution in [0.4, 0.5) is 0 Å². The fraction of sp³-hybridized carbons (Fsp3) is 0.235. The van der Waals surface area contributed by atoms with Gasteiger partial charge in [0.15, 0.2) is 0 Å². The molecule has 25 heavy (non-hydrogen) atoms. The van der Waals surface area contributed by atoms with Crippen molar-refractivity contribution in [2.24, 2.45) is 0 Å². The minimum absolute atomic E-state index is 0.0609. The van der Waals surface area contributed by atoms with Crippen molar-refractivity contribution in [1.29, 1.82) is 0 Å².